The standard InChI is InChI=1S/C13H14BrFN2O3/c1-7-4-5-17(11(7)12(18)19)13(20)16-10-3-2-8(14)6-9(10)15/h2-3,6-7,11H,4-5H2,1H3,(H,16,20)(H,18,19). The summed E-state index contributed by atoms with van der Waals surface area (Å²) in [6.07, 6.45) is 0.618. The molecule has 0 aliphatic carbocycles. The van der Waals surface area contributed by atoms with Crippen LogP contribution in [0.15, 0.2) is 22.7 Å². The number of rotatable bonds is 2. The molecule has 2 atom stereocenters. The third-order valence-corrected chi connectivity index (χ3v) is 3.88. The quantitative estimate of drug-likeness (QED) is 0.866. The molecule has 0 spiro atoms. The number of anilines is 1. The SMILES string of the molecule is CC1CCN(C(=O)Nc2ccc(Br)cc2F)C1C(=O)O. The van der Waals surface area contributed by atoms with Crippen LogP contribution in [0.3, 0.4) is 0 Å². The maximum atomic E-state index is 13.7. The monoisotopic (exact) mass is 344 g/mol. The lowest BCUT2D eigenvalue weighted by atomic mass is 10.0. The topological polar surface area (TPSA) is 69.6 Å². The highest BCUT2D eigenvalue weighted by atomic mass is 79.9. The van der Waals surface area contributed by atoms with Gasteiger partial charge in [-0.3, -0.25) is 0 Å². The molecule has 7 heteroatoms. The van der Waals surface area contributed by atoms with Gasteiger partial charge in [0.1, 0.15) is 11.9 Å². The molecular formula is C13H14BrFN2O3. The molecule has 1 aliphatic rings. The summed E-state index contributed by atoms with van der Waals surface area (Å²) in [5.74, 6) is -1.73. The second kappa shape index (κ2) is 5.78. The number of amides is 2. The lowest BCUT2D eigenvalue weighted by molar-refractivity contribution is -0.142. The maximum absolute atomic E-state index is 13.7. The van der Waals surface area contributed by atoms with Crippen molar-refractivity contribution < 1.29 is 19.1 Å². The highest BCUT2D eigenvalue weighted by molar-refractivity contribution is 9.10. The van der Waals surface area contributed by atoms with Gasteiger partial charge in [0.05, 0.1) is 5.69 Å². The van der Waals surface area contributed by atoms with Gasteiger partial charge in [-0.2, -0.15) is 0 Å². The first-order valence-corrected chi connectivity index (χ1v) is 6.95. The van der Waals surface area contributed by atoms with Crippen molar-refractivity contribution in [2.24, 2.45) is 5.92 Å². The van der Waals surface area contributed by atoms with Crippen molar-refractivity contribution in [1.29, 1.82) is 0 Å². The number of nitrogens with one attached hydrogen (secondary N) is 1. The molecule has 20 heavy (non-hydrogen) atoms. The molecule has 2 rings (SSSR count). The van der Waals surface area contributed by atoms with E-state index in [2.05, 4.69) is 21.2 Å². The van der Waals surface area contributed by atoms with E-state index >= 15 is 0 Å². The smallest absolute Gasteiger partial charge is 0.326 e. The molecule has 1 aromatic rings. The van der Waals surface area contributed by atoms with E-state index in [1.165, 1.54) is 17.0 Å². The summed E-state index contributed by atoms with van der Waals surface area (Å²) in [5.41, 5.74) is 0.0295. The van der Waals surface area contributed by atoms with Crippen LogP contribution < -0.4 is 5.32 Å². The van der Waals surface area contributed by atoms with E-state index in [1.807, 2.05) is 0 Å². The molecule has 0 saturated carbocycles. The van der Waals surface area contributed by atoms with Gasteiger partial charge in [-0.1, -0.05) is 22.9 Å². The zero-order chi connectivity index (χ0) is 14.9. The molecule has 0 aromatic heterocycles. The molecule has 0 radical (unpaired) electrons. The first kappa shape index (κ1) is 14.8. The van der Waals surface area contributed by atoms with E-state index in [0.29, 0.717) is 17.4 Å². The first-order chi connectivity index (χ1) is 9.40. The summed E-state index contributed by atoms with van der Waals surface area (Å²) in [4.78, 5) is 24.5. The molecule has 1 saturated heterocycles. The zero-order valence-corrected chi connectivity index (χ0v) is 12.4. The van der Waals surface area contributed by atoms with Crippen molar-refractivity contribution >= 4 is 33.6 Å². The molecule has 1 heterocycles. The predicted molar refractivity (Wildman–Crippen MR) is 75.0 cm³/mol. The van der Waals surface area contributed by atoms with E-state index in [1.54, 1.807) is 13.0 Å². The van der Waals surface area contributed by atoms with Gasteiger partial charge in [0.15, 0.2) is 0 Å². The van der Waals surface area contributed by atoms with E-state index in [9.17, 15) is 14.0 Å². The Morgan fingerprint density at radius 2 is 2.20 bits per heavy atom. The Labute approximate surface area is 123 Å². The zero-order valence-electron chi connectivity index (χ0n) is 10.8. The second-order valence-corrected chi connectivity index (χ2v) is 5.71. The fraction of sp³-hybridized carbons (Fsp3) is 0.385. The van der Waals surface area contributed by atoms with E-state index in [0.717, 1.165) is 0 Å². The Morgan fingerprint density at radius 3 is 2.80 bits per heavy atom. The highest BCUT2D eigenvalue weighted by Gasteiger charge is 2.39. The number of carboxylic acid groups (broad SMARTS) is 1. The van der Waals surface area contributed by atoms with Crippen LogP contribution in [0.1, 0.15) is 13.3 Å². The van der Waals surface area contributed by atoms with Gasteiger partial charge in [0.25, 0.3) is 0 Å². The van der Waals surface area contributed by atoms with Crippen LogP contribution in [-0.4, -0.2) is 34.6 Å². The Bertz CT molecular complexity index is 552. The number of aliphatic carboxylic acids is 1. The number of hydrogen-bond acceptors (Lipinski definition) is 2. The number of halogens is 2. The number of carbonyl (C=O) groups excluding carboxylic acids is 1. The summed E-state index contributed by atoms with van der Waals surface area (Å²) >= 11 is 3.12. The number of carboxylic acids is 1. The van der Waals surface area contributed by atoms with E-state index < -0.39 is 23.9 Å². The van der Waals surface area contributed by atoms with Crippen LogP contribution in [0.4, 0.5) is 14.9 Å². The van der Waals surface area contributed by atoms with Crippen LogP contribution in [0.2, 0.25) is 0 Å². The van der Waals surface area contributed by atoms with E-state index in [4.69, 9.17) is 5.11 Å². The van der Waals surface area contributed by atoms with Gasteiger partial charge in [0.2, 0.25) is 0 Å². The number of urea groups is 1. The minimum Gasteiger partial charge on any atom is -0.480 e. The molecule has 1 aliphatic heterocycles. The number of likely N-dealkylation sites (tertiary alicyclic amines) is 1. The predicted octanol–water partition coefficient (Wildman–Crippen LogP) is 2.92. The highest BCUT2D eigenvalue weighted by Crippen LogP contribution is 2.26. The number of carbonyl (C=O) groups is 2. The van der Waals surface area contributed by atoms with Crippen molar-refractivity contribution in [2.45, 2.75) is 19.4 Å². The Kier molecular flexibility index (Phi) is 4.27. The summed E-state index contributed by atoms with van der Waals surface area (Å²) in [6, 6.07) is 2.79. The molecule has 5 nitrogen and oxygen atoms in total. The van der Waals surface area contributed by atoms with Gasteiger partial charge in [0, 0.05) is 11.0 Å². The molecule has 1 fully saturated rings. The van der Waals surface area contributed by atoms with Gasteiger partial charge in [-0.05, 0) is 30.5 Å². The van der Waals surface area contributed by atoms with Crippen molar-refractivity contribution in [1.82, 2.24) is 4.90 Å². The number of hydrogen-bond donors (Lipinski definition) is 2. The van der Waals surface area contributed by atoms with Gasteiger partial charge in [-0.25, -0.2) is 14.0 Å². The minimum atomic E-state index is -1.04. The fourth-order valence-electron chi connectivity index (χ4n) is 2.33. The summed E-state index contributed by atoms with van der Waals surface area (Å²) in [7, 11) is 0. The minimum absolute atomic E-state index is 0.0295. The normalized spacial score (nSPS) is 21.9. The van der Waals surface area contributed by atoms with E-state index in [-0.39, 0.29) is 11.6 Å². The number of benzene rings is 1. The van der Waals surface area contributed by atoms with Crippen molar-refractivity contribution in [2.75, 3.05) is 11.9 Å². The summed E-state index contributed by atoms with van der Waals surface area (Å²) in [5, 5.41) is 11.6. The molecule has 1 aromatic carbocycles. The number of nitrogens with zero attached hydrogens (tertiary/aromatic N) is 1. The maximum Gasteiger partial charge on any atom is 0.326 e. The second-order valence-electron chi connectivity index (χ2n) is 4.80. The van der Waals surface area contributed by atoms with Gasteiger partial charge >= 0.3 is 12.0 Å². The first-order valence-electron chi connectivity index (χ1n) is 6.15. The van der Waals surface area contributed by atoms with Gasteiger partial charge in [-0.15, -0.1) is 0 Å². The third-order valence-electron chi connectivity index (χ3n) is 3.39. The molecule has 2 amide bonds. The van der Waals surface area contributed by atoms with Crippen LogP contribution in [-0.2, 0) is 4.79 Å². The lowest BCUT2D eigenvalue weighted by Gasteiger charge is -2.23. The molecule has 2 unspecified atom stereocenters. The molecule has 2 N–H and O–H groups in total. The van der Waals surface area contributed by atoms with Gasteiger partial charge < -0.3 is 15.3 Å². The summed E-state index contributed by atoms with van der Waals surface area (Å²) < 4.78 is 14.2. The third kappa shape index (κ3) is 2.92. The summed E-state index contributed by atoms with van der Waals surface area (Å²) in [6.45, 7) is 2.13. The Morgan fingerprint density at radius 1 is 1.50 bits per heavy atom. The van der Waals surface area contributed by atoms with Crippen LogP contribution >= 0.6 is 15.9 Å². The Hall–Kier alpha value is -1.63. The molecule has 0 bridgehead atoms. The van der Waals surface area contributed by atoms with Crippen LogP contribution in [0.5, 0.6) is 0 Å². The average molecular weight is 345 g/mol. The fourth-order valence-corrected chi connectivity index (χ4v) is 2.66. The van der Waals surface area contributed by atoms with Crippen molar-refractivity contribution in [3.05, 3.63) is 28.5 Å². The Balaban J connectivity index is 2.14. The molecule has 108 valence electrons. The largest absolute Gasteiger partial charge is 0.480 e. The van der Waals surface area contributed by atoms with Crippen LogP contribution in [0.25, 0.3) is 0 Å². The van der Waals surface area contributed by atoms with Crippen LogP contribution in [0, 0.1) is 11.7 Å². The lowest BCUT2D eigenvalue weighted by Crippen LogP contribution is -2.44. The molecular weight excluding hydrogens is 331 g/mol. The van der Waals surface area contributed by atoms with Crippen molar-refractivity contribution in [3.8, 4) is 0 Å². The average Bonchev–Trinajstić information content (AvgIpc) is 2.74. The van der Waals surface area contributed by atoms with Crippen molar-refractivity contribution in [3.63, 3.8) is 0 Å².